The van der Waals surface area contributed by atoms with Crippen molar-refractivity contribution in [1.29, 1.82) is 0 Å². The van der Waals surface area contributed by atoms with Crippen molar-refractivity contribution in [2.75, 3.05) is 26.7 Å². The second-order valence-corrected chi connectivity index (χ2v) is 6.27. The molecule has 3 heteroatoms. The van der Waals surface area contributed by atoms with E-state index in [0.29, 0.717) is 11.5 Å². The lowest BCUT2D eigenvalue weighted by Crippen LogP contribution is -2.46. The molecular weight excluding hydrogens is 212 g/mol. The van der Waals surface area contributed by atoms with Gasteiger partial charge in [0.1, 0.15) is 0 Å². The highest BCUT2D eigenvalue weighted by molar-refractivity contribution is 4.84. The van der Waals surface area contributed by atoms with Crippen molar-refractivity contribution in [1.82, 2.24) is 10.2 Å². The number of nitrogens with one attached hydrogen (secondary N) is 1. The van der Waals surface area contributed by atoms with Crippen LogP contribution in [-0.2, 0) is 0 Å². The zero-order valence-corrected chi connectivity index (χ0v) is 12.0. The molecule has 17 heavy (non-hydrogen) atoms. The first kappa shape index (κ1) is 14.9. The maximum atomic E-state index is 9.30. The Kier molecular flexibility index (Phi) is 5.90. The fourth-order valence-electron chi connectivity index (χ4n) is 2.80. The average Bonchev–Trinajstić information content (AvgIpc) is 2.28. The van der Waals surface area contributed by atoms with E-state index in [1.54, 1.807) is 0 Å². The van der Waals surface area contributed by atoms with Crippen molar-refractivity contribution in [2.24, 2.45) is 5.41 Å². The van der Waals surface area contributed by atoms with Crippen LogP contribution >= 0.6 is 0 Å². The molecule has 0 amide bonds. The minimum Gasteiger partial charge on any atom is -0.395 e. The van der Waals surface area contributed by atoms with Gasteiger partial charge in [-0.15, -0.1) is 0 Å². The zero-order valence-electron chi connectivity index (χ0n) is 12.0. The van der Waals surface area contributed by atoms with Crippen molar-refractivity contribution < 1.29 is 5.11 Å². The fourth-order valence-corrected chi connectivity index (χ4v) is 2.80. The molecule has 2 N–H and O–H groups in total. The molecule has 0 radical (unpaired) electrons. The minimum atomic E-state index is 0.222. The summed E-state index contributed by atoms with van der Waals surface area (Å²) in [5, 5.41) is 12.6. The lowest BCUT2D eigenvalue weighted by molar-refractivity contribution is 0.108. The summed E-state index contributed by atoms with van der Waals surface area (Å²) in [7, 11) is 2.20. The molecule has 1 rings (SSSR count). The number of hydrogen-bond acceptors (Lipinski definition) is 3. The molecule has 1 fully saturated rings. The van der Waals surface area contributed by atoms with Crippen LogP contribution in [0, 0.1) is 5.41 Å². The first-order valence-corrected chi connectivity index (χ1v) is 7.03. The molecule has 0 saturated heterocycles. The van der Waals surface area contributed by atoms with E-state index in [9.17, 15) is 5.11 Å². The quantitative estimate of drug-likeness (QED) is 0.746. The van der Waals surface area contributed by atoms with Crippen molar-refractivity contribution in [3.8, 4) is 0 Å². The molecule has 3 nitrogen and oxygen atoms in total. The van der Waals surface area contributed by atoms with Gasteiger partial charge in [-0.2, -0.15) is 0 Å². The second kappa shape index (κ2) is 6.72. The van der Waals surface area contributed by atoms with Crippen LogP contribution < -0.4 is 5.32 Å². The first-order chi connectivity index (χ1) is 7.98. The third kappa shape index (κ3) is 4.94. The fraction of sp³-hybridized carbons (Fsp3) is 1.00. The van der Waals surface area contributed by atoms with Gasteiger partial charge in [0.2, 0.25) is 0 Å². The Morgan fingerprint density at radius 1 is 1.35 bits per heavy atom. The summed E-state index contributed by atoms with van der Waals surface area (Å²) in [6, 6.07) is 0.927. The third-order valence-electron chi connectivity index (χ3n) is 4.15. The summed E-state index contributed by atoms with van der Waals surface area (Å²) in [5.41, 5.74) is 0.537. The van der Waals surface area contributed by atoms with Crippen LogP contribution in [-0.4, -0.2) is 48.8 Å². The third-order valence-corrected chi connectivity index (χ3v) is 4.15. The van der Waals surface area contributed by atoms with E-state index in [0.717, 1.165) is 13.1 Å². The largest absolute Gasteiger partial charge is 0.395 e. The molecule has 1 saturated carbocycles. The summed E-state index contributed by atoms with van der Waals surface area (Å²) in [4.78, 5) is 2.43. The number of rotatable bonds is 6. The van der Waals surface area contributed by atoms with Gasteiger partial charge in [-0.3, -0.25) is 0 Å². The summed E-state index contributed by atoms with van der Waals surface area (Å²) in [6.45, 7) is 8.95. The highest BCUT2D eigenvalue weighted by Crippen LogP contribution is 2.36. The molecule has 1 aliphatic carbocycles. The topological polar surface area (TPSA) is 35.5 Å². The lowest BCUT2D eigenvalue weighted by atomic mass is 9.75. The standard InChI is InChI=1S/C14H30N2O/c1-5-15-12(11-17)10-16(4)13-6-8-14(2,3)9-7-13/h12-13,15,17H,5-11H2,1-4H3. The second-order valence-electron chi connectivity index (χ2n) is 6.27. The van der Waals surface area contributed by atoms with Gasteiger partial charge in [0.15, 0.2) is 0 Å². The van der Waals surface area contributed by atoms with Gasteiger partial charge in [0.05, 0.1) is 6.61 Å². The van der Waals surface area contributed by atoms with Crippen molar-refractivity contribution in [2.45, 2.75) is 58.5 Å². The molecule has 0 spiro atoms. The number of hydrogen-bond donors (Lipinski definition) is 2. The predicted molar refractivity (Wildman–Crippen MR) is 73.2 cm³/mol. The van der Waals surface area contributed by atoms with Crippen molar-refractivity contribution in [3.63, 3.8) is 0 Å². The molecule has 0 aromatic carbocycles. The van der Waals surface area contributed by atoms with Gasteiger partial charge >= 0.3 is 0 Å². The molecule has 1 aliphatic rings. The maximum absolute atomic E-state index is 9.30. The van der Waals surface area contributed by atoms with Crippen LogP contribution in [0.3, 0.4) is 0 Å². The number of likely N-dealkylation sites (N-methyl/N-ethyl adjacent to an activating group) is 2. The summed E-state index contributed by atoms with van der Waals surface area (Å²) >= 11 is 0. The molecule has 0 aromatic rings. The smallest absolute Gasteiger partial charge is 0.0597 e. The molecule has 0 aromatic heterocycles. The molecule has 1 unspecified atom stereocenters. The van der Waals surface area contributed by atoms with Gasteiger partial charge in [0.25, 0.3) is 0 Å². The van der Waals surface area contributed by atoms with Crippen LogP contribution in [0.4, 0.5) is 0 Å². The number of aliphatic hydroxyl groups excluding tert-OH is 1. The molecular formula is C14H30N2O. The first-order valence-electron chi connectivity index (χ1n) is 7.03. The van der Waals surface area contributed by atoms with E-state index in [1.807, 2.05) is 0 Å². The van der Waals surface area contributed by atoms with Crippen LogP contribution in [0.5, 0.6) is 0 Å². The normalized spacial score (nSPS) is 22.9. The zero-order chi connectivity index (χ0) is 12.9. The summed E-state index contributed by atoms with van der Waals surface area (Å²) in [5.74, 6) is 0. The Hall–Kier alpha value is -0.120. The number of aliphatic hydroxyl groups is 1. The highest BCUT2D eigenvalue weighted by Gasteiger charge is 2.29. The van der Waals surface area contributed by atoms with Crippen LogP contribution in [0.1, 0.15) is 46.5 Å². The van der Waals surface area contributed by atoms with Gasteiger partial charge in [-0.1, -0.05) is 20.8 Å². The van der Waals surface area contributed by atoms with Crippen LogP contribution in [0.2, 0.25) is 0 Å². The molecule has 0 bridgehead atoms. The van der Waals surface area contributed by atoms with Crippen LogP contribution in [0.15, 0.2) is 0 Å². The van der Waals surface area contributed by atoms with Crippen molar-refractivity contribution >= 4 is 0 Å². The van der Waals surface area contributed by atoms with E-state index in [4.69, 9.17) is 0 Å². The monoisotopic (exact) mass is 242 g/mol. The van der Waals surface area contributed by atoms with Gasteiger partial charge in [-0.25, -0.2) is 0 Å². The summed E-state index contributed by atoms with van der Waals surface area (Å²) < 4.78 is 0. The van der Waals surface area contributed by atoms with Crippen molar-refractivity contribution in [3.05, 3.63) is 0 Å². The Bertz CT molecular complexity index is 208. The van der Waals surface area contributed by atoms with E-state index in [1.165, 1.54) is 25.7 Å². The highest BCUT2D eigenvalue weighted by atomic mass is 16.3. The van der Waals surface area contributed by atoms with E-state index < -0.39 is 0 Å². The molecule has 0 aliphatic heterocycles. The van der Waals surface area contributed by atoms with Gasteiger partial charge in [0, 0.05) is 18.6 Å². The number of nitrogens with zero attached hydrogens (tertiary/aromatic N) is 1. The Morgan fingerprint density at radius 3 is 2.41 bits per heavy atom. The Morgan fingerprint density at radius 2 is 1.94 bits per heavy atom. The molecule has 0 heterocycles. The minimum absolute atomic E-state index is 0.222. The van der Waals surface area contributed by atoms with E-state index in [2.05, 4.69) is 38.0 Å². The van der Waals surface area contributed by atoms with E-state index in [-0.39, 0.29) is 12.6 Å². The van der Waals surface area contributed by atoms with Gasteiger partial charge in [-0.05, 0) is 44.7 Å². The summed E-state index contributed by atoms with van der Waals surface area (Å²) in [6.07, 6.45) is 5.25. The Balaban J connectivity index is 2.35. The maximum Gasteiger partial charge on any atom is 0.0597 e. The average molecular weight is 242 g/mol. The predicted octanol–water partition coefficient (Wildman–Crippen LogP) is 1.86. The lowest BCUT2D eigenvalue weighted by Gasteiger charge is -2.39. The molecule has 102 valence electrons. The van der Waals surface area contributed by atoms with E-state index >= 15 is 0 Å². The SMILES string of the molecule is CCNC(CO)CN(C)C1CCC(C)(C)CC1. The van der Waals surface area contributed by atoms with Crippen LogP contribution in [0.25, 0.3) is 0 Å². The Labute approximate surface area is 107 Å². The van der Waals surface area contributed by atoms with Gasteiger partial charge < -0.3 is 15.3 Å². The molecule has 1 atom stereocenters.